The summed E-state index contributed by atoms with van der Waals surface area (Å²) in [5, 5.41) is 6.42. The summed E-state index contributed by atoms with van der Waals surface area (Å²) in [7, 11) is 0. The fourth-order valence-corrected chi connectivity index (χ4v) is 3.77. The third-order valence-corrected chi connectivity index (χ3v) is 5.23. The van der Waals surface area contributed by atoms with E-state index in [1.807, 2.05) is 0 Å². The minimum Gasteiger partial charge on any atom is -0.333 e. The van der Waals surface area contributed by atoms with E-state index in [9.17, 15) is 18.8 Å². The third kappa shape index (κ3) is 4.29. The van der Waals surface area contributed by atoms with E-state index in [2.05, 4.69) is 10.4 Å². The standard InChI is InChI=1S/C21H21FN4O3.ClH/c22-15-5-3-4-14(12-15)18-13-23-9-11-25(18)19(27)8-10-26-21(29)17-7-2-1-6-16(17)20(28)24-26;/h1-7,12,18,23H,8-11,13H2,(H,24,28);1H. The fourth-order valence-electron chi connectivity index (χ4n) is 3.77. The highest BCUT2D eigenvalue weighted by Gasteiger charge is 2.28. The molecular formula is C21H22ClFN4O3. The smallest absolute Gasteiger partial charge is 0.273 e. The van der Waals surface area contributed by atoms with Gasteiger partial charge in [-0.3, -0.25) is 19.5 Å². The molecule has 1 fully saturated rings. The second kappa shape index (κ2) is 9.23. The molecule has 7 nitrogen and oxygen atoms in total. The predicted octanol–water partition coefficient (Wildman–Crippen LogP) is 1.81. The van der Waals surface area contributed by atoms with Gasteiger partial charge >= 0.3 is 0 Å². The van der Waals surface area contributed by atoms with Crippen molar-refractivity contribution in [2.24, 2.45) is 0 Å². The first kappa shape index (κ1) is 21.7. The van der Waals surface area contributed by atoms with Crippen LogP contribution in [0.4, 0.5) is 4.39 Å². The number of hydrogen-bond donors (Lipinski definition) is 2. The number of fused-ring (bicyclic) bond motifs is 1. The molecule has 0 radical (unpaired) electrons. The van der Waals surface area contributed by atoms with Gasteiger partial charge in [-0.2, -0.15) is 0 Å². The Morgan fingerprint density at radius 2 is 1.87 bits per heavy atom. The summed E-state index contributed by atoms with van der Waals surface area (Å²) in [6, 6.07) is 12.5. The normalized spacial score (nSPS) is 16.3. The summed E-state index contributed by atoms with van der Waals surface area (Å²) in [4.78, 5) is 39.4. The van der Waals surface area contributed by atoms with Gasteiger partial charge in [-0.1, -0.05) is 24.3 Å². The average Bonchev–Trinajstić information content (AvgIpc) is 2.75. The number of halogens is 2. The van der Waals surface area contributed by atoms with Gasteiger partial charge in [-0.15, -0.1) is 12.4 Å². The van der Waals surface area contributed by atoms with Crippen LogP contribution in [0, 0.1) is 5.82 Å². The van der Waals surface area contributed by atoms with Gasteiger partial charge in [0, 0.05) is 26.1 Å². The Morgan fingerprint density at radius 1 is 1.10 bits per heavy atom. The van der Waals surface area contributed by atoms with E-state index in [4.69, 9.17) is 0 Å². The zero-order chi connectivity index (χ0) is 20.4. The third-order valence-electron chi connectivity index (χ3n) is 5.23. The van der Waals surface area contributed by atoms with Crippen molar-refractivity contribution in [1.29, 1.82) is 0 Å². The number of carbonyl (C=O) groups is 1. The Kier molecular flexibility index (Phi) is 6.69. The molecule has 0 bridgehead atoms. The number of nitrogens with one attached hydrogen (secondary N) is 2. The van der Waals surface area contributed by atoms with Crippen molar-refractivity contribution in [1.82, 2.24) is 20.0 Å². The predicted molar refractivity (Wildman–Crippen MR) is 114 cm³/mol. The zero-order valence-corrected chi connectivity index (χ0v) is 17.0. The maximum Gasteiger partial charge on any atom is 0.273 e. The number of carbonyl (C=O) groups excluding carboxylic acids is 1. The number of aromatic amines is 1. The number of rotatable bonds is 4. The van der Waals surface area contributed by atoms with Gasteiger partial charge < -0.3 is 10.2 Å². The van der Waals surface area contributed by atoms with Gasteiger partial charge in [0.05, 0.1) is 23.4 Å². The number of piperazine rings is 1. The lowest BCUT2D eigenvalue weighted by Gasteiger charge is -2.36. The fraction of sp³-hybridized carbons (Fsp3) is 0.286. The van der Waals surface area contributed by atoms with Crippen LogP contribution in [0.5, 0.6) is 0 Å². The Morgan fingerprint density at radius 3 is 2.63 bits per heavy atom. The van der Waals surface area contributed by atoms with Crippen molar-refractivity contribution in [3.05, 3.63) is 80.6 Å². The molecule has 0 aliphatic carbocycles. The number of aryl methyl sites for hydroxylation is 1. The lowest BCUT2D eigenvalue weighted by atomic mass is 10.0. The van der Waals surface area contributed by atoms with Crippen LogP contribution >= 0.6 is 12.4 Å². The second-order valence-electron chi connectivity index (χ2n) is 7.06. The SMILES string of the molecule is Cl.O=C(CCn1[nH]c(=O)c2ccccc2c1=O)N1CCNCC1c1cccc(F)c1. The van der Waals surface area contributed by atoms with Gasteiger partial charge in [0.15, 0.2) is 0 Å². The molecule has 0 spiro atoms. The van der Waals surface area contributed by atoms with Gasteiger partial charge in [0.25, 0.3) is 11.1 Å². The van der Waals surface area contributed by atoms with Crippen LogP contribution in [0.25, 0.3) is 10.8 Å². The summed E-state index contributed by atoms with van der Waals surface area (Å²) in [6.45, 7) is 1.73. The van der Waals surface area contributed by atoms with Crippen molar-refractivity contribution in [3.63, 3.8) is 0 Å². The Hall–Kier alpha value is -2.97. The van der Waals surface area contributed by atoms with Crippen LogP contribution in [0.3, 0.4) is 0 Å². The molecular weight excluding hydrogens is 411 g/mol. The van der Waals surface area contributed by atoms with Crippen molar-refractivity contribution in [3.8, 4) is 0 Å². The summed E-state index contributed by atoms with van der Waals surface area (Å²) in [6.07, 6.45) is 0.0556. The van der Waals surface area contributed by atoms with Crippen molar-refractivity contribution < 1.29 is 9.18 Å². The molecule has 2 N–H and O–H groups in total. The molecule has 1 unspecified atom stereocenters. The van der Waals surface area contributed by atoms with E-state index in [0.717, 1.165) is 5.56 Å². The summed E-state index contributed by atoms with van der Waals surface area (Å²) < 4.78 is 14.8. The van der Waals surface area contributed by atoms with Crippen molar-refractivity contribution in [2.45, 2.75) is 19.0 Å². The number of amides is 1. The lowest BCUT2D eigenvalue weighted by molar-refractivity contribution is -0.134. The molecule has 1 aliphatic heterocycles. The average molecular weight is 433 g/mol. The van der Waals surface area contributed by atoms with Crippen LogP contribution in [0.2, 0.25) is 0 Å². The molecule has 1 amide bonds. The Balaban J connectivity index is 0.00000256. The van der Waals surface area contributed by atoms with Gasteiger partial charge in [0.1, 0.15) is 5.82 Å². The van der Waals surface area contributed by atoms with E-state index in [1.54, 1.807) is 41.3 Å². The maximum absolute atomic E-state index is 13.6. The molecule has 0 saturated carbocycles. The summed E-state index contributed by atoms with van der Waals surface area (Å²) in [5.41, 5.74) is 0.0179. The number of hydrogen-bond acceptors (Lipinski definition) is 4. The first-order valence-corrected chi connectivity index (χ1v) is 9.52. The molecule has 1 aromatic heterocycles. The van der Waals surface area contributed by atoms with E-state index in [-0.39, 0.29) is 54.3 Å². The van der Waals surface area contributed by atoms with Crippen molar-refractivity contribution in [2.75, 3.05) is 19.6 Å². The van der Waals surface area contributed by atoms with E-state index in [0.29, 0.717) is 30.4 Å². The van der Waals surface area contributed by atoms with E-state index < -0.39 is 0 Å². The first-order chi connectivity index (χ1) is 14.0. The molecule has 1 saturated heterocycles. The van der Waals surface area contributed by atoms with E-state index >= 15 is 0 Å². The molecule has 1 aliphatic rings. The minimum atomic E-state index is -0.368. The van der Waals surface area contributed by atoms with Crippen LogP contribution in [0.15, 0.2) is 58.1 Å². The van der Waals surface area contributed by atoms with Crippen LogP contribution in [0.1, 0.15) is 18.0 Å². The maximum atomic E-state index is 13.6. The number of benzene rings is 2. The van der Waals surface area contributed by atoms with Gasteiger partial charge in [-0.05, 0) is 29.8 Å². The van der Waals surface area contributed by atoms with E-state index in [1.165, 1.54) is 16.8 Å². The molecule has 9 heteroatoms. The van der Waals surface area contributed by atoms with Gasteiger partial charge in [0.2, 0.25) is 5.91 Å². The van der Waals surface area contributed by atoms with Crippen LogP contribution in [-0.2, 0) is 11.3 Å². The molecule has 30 heavy (non-hydrogen) atoms. The number of aromatic nitrogens is 2. The zero-order valence-electron chi connectivity index (χ0n) is 16.1. The highest BCUT2D eigenvalue weighted by molar-refractivity contribution is 5.85. The highest BCUT2D eigenvalue weighted by atomic mass is 35.5. The summed E-state index contributed by atoms with van der Waals surface area (Å²) >= 11 is 0. The number of H-pyrrole nitrogens is 1. The largest absolute Gasteiger partial charge is 0.333 e. The lowest BCUT2D eigenvalue weighted by Crippen LogP contribution is -2.49. The minimum absolute atomic E-state index is 0. The highest BCUT2D eigenvalue weighted by Crippen LogP contribution is 2.23. The van der Waals surface area contributed by atoms with Crippen LogP contribution in [-0.4, -0.2) is 40.2 Å². The molecule has 1 atom stereocenters. The quantitative estimate of drug-likeness (QED) is 0.658. The topological polar surface area (TPSA) is 87.2 Å². The second-order valence-corrected chi connectivity index (χ2v) is 7.06. The molecule has 4 rings (SSSR count). The Bertz CT molecular complexity index is 1180. The first-order valence-electron chi connectivity index (χ1n) is 9.52. The monoisotopic (exact) mass is 432 g/mol. The molecule has 2 heterocycles. The molecule has 2 aromatic carbocycles. The summed E-state index contributed by atoms with van der Waals surface area (Å²) in [5.74, 6) is -0.498. The van der Waals surface area contributed by atoms with Crippen LogP contribution < -0.4 is 16.4 Å². The Labute approximate surface area is 177 Å². The molecule has 158 valence electrons. The number of nitrogens with zero attached hydrogens (tertiary/aromatic N) is 2. The van der Waals surface area contributed by atoms with Gasteiger partial charge in [-0.25, -0.2) is 9.07 Å². The molecule has 3 aromatic rings. The van der Waals surface area contributed by atoms with Crippen molar-refractivity contribution >= 4 is 29.1 Å².